The van der Waals surface area contributed by atoms with Crippen molar-refractivity contribution in [2.24, 2.45) is 0 Å². The predicted molar refractivity (Wildman–Crippen MR) is 420 cm³/mol. The molecule has 0 aliphatic rings. The molecule has 22 aromatic rings. The van der Waals surface area contributed by atoms with Crippen molar-refractivity contribution < 1.29 is 0 Å². The molecule has 0 bridgehead atoms. The van der Waals surface area contributed by atoms with E-state index in [1.807, 2.05) is 18.3 Å². The van der Waals surface area contributed by atoms with Crippen LogP contribution < -0.4 is 0 Å². The summed E-state index contributed by atoms with van der Waals surface area (Å²) in [5, 5.41) is 21.1. The summed E-state index contributed by atoms with van der Waals surface area (Å²) in [6.45, 7) is 0. The molecular formula is C91H51N9S. The first-order chi connectivity index (χ1) is 50.0. The third kappa shape index (κ3) is 8.53. The Balaban J connectivity index is 0.719. The summed E-state index contributed by atoms with van der Waals surface area (Å²) in [5.41, 5.74) is 15.5. The molecule has 7 aromatic heterocycles. The van der Waals surface area contributed by atoms with E-state index in [9.17, 15) is 0 Å². The van der Waals surface area contributed by atoms with Crippen molar-refractivity contribution in [3.05, 3.63) is 310 Å². The number of nitrogens with zero attached hydrogens (tertiary/aromatic N) is 9. The first kappa shape index (κ1) is 55.7. The Labute approximate surface area is 579 Å². The molecule has 0 saturated carbocycles. The van der Waals surface area contributed by atoms with E-state index >= 15 is 0 Å². The van der Waals surface area contributed by atoms with Crippen LogP contribution in [0.15, 0.2) is 310 Å². The summed E-state index contributed by atoms with van der Waals surface area (Å²) in [7, 11) is 0. The molecule has 0 N–H and O–H groups in total. The van der Waals surface area contributed by atoms with Crippen molar-refractivity contribution in [2.45, 2.75) is 0 Å². The third-order valence-corrected chi connectivity index (χ3v) is 21.9. The molecule has 0 fully saturated rings. The molecule has 22 rings (SSSR count). The van der Waals surface area contributed by atoms with Crippen LogP contribution in [0, 0.1) is 0 Å². The highest BCUT2D eigenvalue weighted by atomic mass is 32.1. The Hall–Kier alpha value is -13.4. The monoisotopic (exact) mass is 1300 g/mol. The summed E-state index contributed by atoms with van der Waals surface area (Å²) in [6, 6.07) is 107. The molecule has 0 spiro atoms. The van der Waals surface area contributed by atoms with E-state index in [0.717, 1.165) is 126 Å². The highest BCUT2D eigenvalue weighted by Gasteiger charge is 2.26. The average Bonchev–Trinajstić information content (AvgIpc) is 1.64. The van der Waals surface area contributed by atoms with Gasteiger partial charge in [-0.05, 0) is 172 Å². The third-order valence-electron chi connectivity index (χ3n) is 20.8. The van der Waals surface area contributed by atoms with Crippen molar-refractivity contribution in [2.75, 3.05) is 0 Å². The predicted octanol–water partition coefficient (Wildman–Crippen LogP) is 23.6. The lowest BCUT2D eigenvalue weighted by atomic mass is 9.92. The normalized spacial score (nSPS) is 12.2. The van der Waals surface area contributed by atoms with E-state index in [4.69, 9.17) is 34.9 Å². The van der Waals surface area contributed by atoms with Crippen molar-refractivity contribution in [3.63, 3.8) is 0 Å². The van der Waals surface area contributed by atoms with Gasteiger partial charge in [0.1, 0.15) is 16.9 Å². The van der Waals surface area contributed by atoms with Crippen LogP contribution in [-0.2, 0) is 0 Å². The van der Waals surface area contributed by atoms with Crippen LogP contribution in [0.4, 0.5) is 0 Å². The molecule has 7 heterocycles. The Kier molecular flexibility index (Phi) is 11.9. The second-order valence-corrected chi connectivity index (χ2v) is 27.4. The van der Waals surface area contributed by atoms with Gasteiger partial charge in [0, 0.05) is 64.6 Å². The number of thiophene rings is 1. The van der Waals surface area contributed by atoms with E-state index < -0.39 is 0 Å². The lowest BCUT2D eigenvalue weighted by Crippen LogP contribution is -2.06. The van der Waals surface area contributed by atoms with Crippen LogP contribution in [0.25, 0.3) is 219 Å². The summed E-state index contributed by atoms with van der Waals surface area (Å²) < 4.78 is 7.10. The summed E-state index contributed by atoms with van der Waals surface area (Å²) in [6.07, 6.45) is 3.64. The van der Waals surface area contributed by atoms with E-state index in [1.54, 1.807) is 17.5 Å². The minimum atomic E-state index is 0.438. The topological polar surface area (TPSA) is 100 Å². The van der Waals surface area contributed by atoms with Gasteiger partial charge >= 0.3 is 0 Å². The average molecular weight is 1300 g/mol. The lowest BCUT2D eigenvalue weighted by molar-refractivity contribution is 1.05. The summed E-state index contributed by atoms with van der Waals surface area (Å²) in [4.78, 5) is 37.7. The Morgan fingerprint density at radius 2 is 0.812 bits per heavy atom. The van der Waals surface area contributed by atoms with Gasteiger partial charge in [-0.25, -0.2) is 34.9 Å². The zero-order valence-electron chi connectivity index (χ0n) is 53.9. The molecule has 101 heavy (non-hydrogen) atoms. The second kappa shape index (κ2) is 21.5. The molecule has 0 amide bonds. The molecule has 0 atom stereocenters. The van der Waals surface area contributed by atoms with Crippen LogP contribution >= 0.6 is 11.3 Å². The number of pyridine rings is 1. The highest BCUT2D eigenvalue weighted by molar-refractivity contribution is 7.25. The van der Waals surface area contributed by atoms with Crippen LogP contribution in [0.3, 0.4) is 0 Å². The van der Waals surface area contributed by atoms with Crippen molar-refractivity contribution >= 4 is 162 Å². The van der Waals surface area contributed by atoms with Gasteiger partial charge in [0.05, 0.1) is 34.0 Å². The first-order valence-electron chi connectivity index (χ1n) is 34.0. The molecule has 0 unspecified atom stereocenters. The van der Waals surface area contributed by atoms with Gasteiger partial charge in [-0.2, -0.15) is 0 Å². The van der Waals surface area contributed by atoms with Gasteiger partial charge in [-0.3, -0.25) is 9.13 Å². The van der Waals surface area contributed by atoms with Gasteiger partial charge in [0.15, 0.2) is 28.6 Å². The number of fused-ring (bicyclic) bond motifs is 20. The highest BCUT2D eigenvalue weighted by Crippen LogP contribution is 2.46. The maximum atomic E-state index is 5.67. The molecule has 466 valence electrons. The maximum absolute atomic E-state index is 5.67. The molecule has 0 saturated heterocycles. The Morgan fingerprint density at radius 3 is 1.60 bits per heavy atom. The van der Waals surface area contributed by atoms with Crippen molar-refractivity contribution in [1.29, 1.82) is 0 Å². The van der Waals surface area contributed by atoms with Gasteiger partial charge in [0.25, 0.3) is 0 Å². The minimum absolute atomic E-state index is 0.438. The fourth-order valence-electron chi connectivity index (χ4n) is 16.1. The fraction of sp³-hybridized carbons (Fsp3) is 0. The summed E-state index contributed by atoms with van der Waals surface area (Å²) in [5.74, 6) is 1.39. The fourth-order valence-corrected chi connectivity index (χ4v) is 17.2. The lowest BCUT2D eigenvalue weighted by Gasteiger charge is -2.15. The van der Waals surface area contributed by atoms with Crippen LogP contribution in [-0.4, -0.2) is 44.0 Å². The number of hydrogen-bond acceptors (Lipinski definition) is 8. The van der Waals surface area contributed by atoms with Gasteiger partial charge < -0.3 is 0 Å². The Morgan fingerprint density at radius 1 is 0.257 bits per heavy atom. The first-order valence-corrected chi connectivity index (χ1v) is 34.8. The van der Waals surface area contributed by atoms with E-state index in [1.165, 1.54) is 52.5 Å². The zero-order chi connectivity index (χ0) is 66.0. The van der Waals surface area contributed by atoms with Gasteiger partial charge in [-0.15, -0.1) is 11.3 Å². The second-order valence-electron chi connectivity index (χ2n) is 26.3. The molecule has 0 radical (unpaired) electrons. The molecule has 9 nitrogen and oxygen atoms in total. The minimum Gasteiger partial charge on any atom is -0.292 e. The molecular weight excluding hydrogens is 1250 g/mol. The standard InChI is InChI=1S/C91H51N9S/c1-3-20-55-49-80-73(45-53(55)18-1)72-46-58(57-36-39-68-66-28-8-7-26-64(66)65-27-9-10-29-67(65)71(68)44-57)37-40-78(72)99(80)91-86(70-32-14-22-52-17-5-6-25-62(52)70)97-89-88(98-91)93-51-77(94-89)60-24-13-23-59(43-60)63-31-15-34-79-84(63)75-47-54-19-2-4-21-56(54)50-81(75)100(79)90-85(96-87-76(95-90)33-16-42-92-87)61-38-41-83-74(48-61)69-30-11-12-35-82(69)101-83/h1-51H. The zero-order valence-corrected chi connectivity index (χ0v) is 54.7. The van der Waals surface area contributed by atoms with Gasteiger partial charge in [-0.1, -0.05) is 212 Å². The van der Waals surface area contributed by atoms with E-state index in [0.29, 0.717) is 39.7 Å². The van der Waals surface area contributed by atoms with Crippen molar-refractivity contribution in [1.82, 2.24) is 44.0 Å². The molecule has 0 aliphatic carbocycles. The van der Waals surface area contributed by atoms with E-state index in [-0.39, 0.29) is 0 Å². The van der Waals surface area contributed by atoms with E-state index in [2.05, 4.69) is 294 Å². The quantitative estimate of drug-likeness (QED) is 0.147. The number of rotatable bonds is 7. The Bertz CT molecular complexity index is 7330. The van der Waals surface area contributed by atoms with Crippen LogP contribution in [0.2, 0.25) is 0 Å². The number of hydrogen-bond donors (Lipinski definition) is 0. The van der Waals surface area contributed by atoms with Crippen molar-refractivity contribution in [3.8, 4) is 67.7 Å². The van der Waals surface area contributed by atoms with Crippen LogP contribution in [0.5, 0.6) is 0 Å². The summed E-state index contributed by atoms with van der Waals surface area (Å²) >= 11 is 1.81. The van der Waals surface area contributed by atoms with Crippen LogP contribution in [0.1, 0.15) is 0 Å². The largest absolute Gasteiger partial charge is 0.292 e. The molecule has 0 aliphatic heterocycles. The maximum Gasteiger partial charge on any atom is 0.199 e. The SMILES string of the molecule is c1cc(-c2cnc3nc(-n4c5ccc(-c6ccc7c8ccccc8c8ccccc8c7c6)cc5c5cc6ccccc6cc54)c(-c4cccc5ccccc45)nc3n2)cc(-c2cccc3c2c2cc4ccccc4cc2n3-c2nc3cccnc3nc2-c2ccc3sc4ccccc4c3c2)c1. The number of benzene rings is 15. The number of aromatic nitrogens is 9. The van der Waals surface area contributed by atoms with Gasteiger partial charge in [0.2, 0.25) is 0 Å². The molecule has 10 heteroatoms. The smallest absolute Gasteiger partial charge is 0.199 e. The molecule has 15 aromatic carbocycles.